The first-order chi connectivity index (χ1) is 14.4. The molecule has 0 saturated carbocycles. The third-order valence-electron chi connectivity index (χ3n) is 4.11. The van der Waals surface area contributed by atoms with Crippen LogP contribution in [0.25, 0.3) is 0 Å². The van der Waals surface area contributed by atoms with E-state index in [1.54, 1.807) is 23.1 Å². The van der Waals surface area contributed by atoms with E-state index < -0.39 is 0 Å². The average Bonchev–Trinajstić information content (AvgIpc) is 2.74. The quantitative estimate of drug-likeness (QED) is 0.671. The number of aromatic nitrogens is 2. The first-order valence-corrected chi connectivity index (χ1v) is 9.97. The van der Waals surface area contributed by atoms with Gasteiger partial charge in [-0.15, -0.1) is 0 Å². The van der Waals surface area contributed by atoms with E-state index in [9.17, 15) is 9.59 Å². The van der Waals surface area contributed by atoms with Crippen molar-refractivity contribution in [1.29, 1.82) is 0 Å². The van der Waals surface area contributed by atoms with Gasteiger partial charge in [0.1, 0.15) is 11.6 Å². The van der Waals surface area contributed by atoms with Gasteiger partial charge in [0.25, 0.3) is 0 Å². The zero-order valence-electron chi connectivity index (χ0n) is 18.8. The second-order valence-corrected chi connectivity index (χ2v) is 6.45. The number of carbonyl (C=O) groups excluding carboxylic acids is 2. The van der Waals surface area contributed by atoms with Crippen molar-refractivity contribution >= 4 is 23.3 Å². The standard InChI is InChI=1S/C17H20N4O2.C4H6O.C2H6/c1-12-5-4-6-15(9-12)21-16-14(10-18-13(2)19-16)11-20(17(21)22)7-8-23-3;1-3-4(2)5;1-2/h4-6,9-10H,7-8,11H2,1-3H3;3H,1H2,2H3;1-2H3. The van der Waals surface area contributed by atoms with Crippen LogP contribution in [0.15, 0.2) is 43.1 Å². The summed E-state index contributed by atoms with van der Waals surface area (Å²) < 4.78 is 5.12. The van der Waals surface area contributed by atoms with Crippen LogP contribution >= 0.6 is 0 Å². The van der Waals surface area contributed by atoms with Crippen molar-refractivity contribution in [3.8, 4) is 0 Å². The van der Waals surface area contributed by atoms with Gasteiger partial charge in [-0.25, -0.2) is 19.7 Å². The van der Waals surface area contributed by atoms with Crippen LogP contribution in [0.2, 0.25) is 0 Å². The predicted molar refractivity (Wildman–Crippen MR) is 120 cm³/mol. The Balaban J connectivity index is 0.000000565. The Morgan fingerprint density at radius 3 is 2.53 bits per heavy atom. The summed E-state index contributed by atoms with van der Waals surface area (Å²) >= 11 is 0. The summed E-state index contributed by atoms with van der Waals surface area (Å²) in [6.07, 6.45) is 3.08. The van der Waals surface area contributed by atoms with Gasteiger partial charge in [0.15, 0.2) is 5.78 Å². The summed E-state index contributed by atoms with van der Waals surface area (Å²) in [5, 5.41) is 0. The van der Waals surface area contributed by atoms with E-state index in [1.807, 2.05) is 52.0 Å². The Morgan fingerprint density at radius 1 is 1.30 bits per heavy atom. The van der Waals surface area contributed by atoms with Crippen LogP contribution < -0.4 is 4.90 Å². The number of anilines is 2. The van der Waals surface area contributed by atoms with E-state index in [4.69, 9.17) is 4.74 Å². The van der Waals surface area contributed by atoms with Crippen molar-refractivity contribution in [2.24, 2.45) is 0 Å². The number of urea groups is 1. The number of amides is 2. The molecule has 2 aromatic rings. The molecule has 0 saturated heterocycles. The topological polar surface area (TPSA) is 75.6 Å². The molecule has 162 valence electrons. The molecule has 2 heterocycles. The number of ether oxygens (including phenoxy) is 1. The minimum atomic E-state index is -0.0850. The van der Waals surface area contributed by atoms with Gasteiger partial charge >= 0.3 is 6.03 Å². The highest BCUT2D eigenvalue weighted by Crippen LogP contribution is 2.33. The minimum absolute atomic E-state index is 0.0185. The molecule has 2 amide bonds. The van der Waals surface area contributed by atoms with Crippen molar-refractivity contribution < 1.29 is 14.3 Å². The van der Waals surface area contributed by atoms with E-state index in [-0.39, 0.29) is 11.8 Å². The number of carbonyl (C=O) groups is 2. The fourth-order valence-electron chi connectivity index (χ4n) is 2.67. The number of methoxy groups -OCH3 is 1. The molecule has 7 nitrogen and oxygen atoms in total. The van der Waals surface area contributed by atoms with Crippen LogP contribution in [0.4, 0.5) is 16.3 Å². The highest BCUT2D eigenvalue weighted by atomic mass is 16.5. The molecule has 3 rings (SSSR count). The number of allylic oxidation sites excluding steroid dienone is 1. The molecule has 0 N–H and O–H groups in total. The largest absolute Gasteiger partial charge is 0.383 e. The second-order valence-electron chi connectivity index (χ2n) is 6.45. The van der Waals surface area contributed by atoms with E-state index >= 15 is 0 Å². The Kier molecular flexibility index (Phi) is 10.4. The van der Waals surface area contributed by atoms with Gasteiger partial charge in [-0.3, -0.25) is 4.79 Å². The Hall–Kier alpha value is -3.06. The SMILES string of the molecule is C=CC(C)=O.CC.COCCN1Cc2cnc(C)nc2N(c2cccc(C)c2)C1=O. The number of fused-ring (bicyclic) bond motifs is 1. The third kappa shape index (κ3) is 6.77. The van der Waals surface area contributed by atoms with Crippen LogP contribution in [-0.4, -0.2) is 46.9 Å². The highest BCUT2D eigenvalue weighted by Gasteiger charge is 2.32. The number of nitrogens with zero attached hydrogens (tertiary/aromatic N) is 4. The lowest BCUT2D eigenvalue weighted by Crippen LogP contribution is -2.46. The first kappa shape index (κ1) is 25.0. The van der Waals surface area contributed by atoms with Crippen LogP contribution in [-0.2, 0) is 16.1 Å². The van der Waals surface area contributed by atoms with E-state index in [0.717, 1.165) is 16.8 Å². The summed E-state index contributed by atoms with van der Waals surface area (Å²) in [6.45, 7) is 14.0. The van der Waals surface area contributed by atoms with Crippen molar-refractivity contribution in [2.75, 3.05) is 25.2 Å². The van der Waals surface area contributed by atoms with Gasteiger partial charge in [0.2, 0.25) is 0 Å². The maximum Gasteiger partial charge on any atom is 0.330 e. The van der Waals surface area contributed by atoms with Crippen molar-refractivity contribution in [3.63, 3.8) is 0 Å². The fraction of sp³-hybridized carbons (Fsp3) is 0.391. The van der Waals surface area contributed by atoms with E-state index in [1.165, 1.54) is 13.0 Å². The Morgan fingerprint density at radius 2 is 1.97 bits per heavy atom. The maximum absolute atomic E-state index is 13.0. The first-order valence-electron chi connectivity index (χ1n) is 9.97. The number of aryl methyl sites for hydroxylation is 2. The van der Waals surface area contributed by atoms with Gasteiger partial charge in [-0.05, 0) is 44.5 Å². The molecular weight excluding hydrogens is 380 g/mol. The van der Waals surface area contributed by atoms with Gasteiger partial charge in [-0.2, -0.15) is 0 Å². The van der Waals surface area contributed by atoms with E-state index in [2.05, 4.69) is 16.5 Å². The van der Waals surface area contributed by atoms with Crippen molar-refractivity contribution in [1.82, 2.24) is 14.9 Å². The number of benzene rings is 1. The molecular formula is C23H32N4O3. The zero-order valence-corrected chi connectivity index (χ0v) is 18.8. The molecule has 0 radical (unpaired) electrons. The lowest BCUT2D eigenvalue weighted by Gasteiger charge is -2.36. The molecule has 1 aromatic carbocycles. The highest BCUT2D eigenvalue weighted by molar-refractivity contribution is 6.00. The Labute approximate surface area is 179 Å². The lowest BCUT2D eigenvalue weighted by atomic mass is 10.1. The molecule has 0 atom stereocenters. The summed E-state index contributed by atoms with van der Waals surface area (Å²) in [5.74, 6) is 1.34. The number of hydrogen-bond acceptors (Lipinski definition) is 5. The number of rotatable bonds is 5. The normalized spacial score (nSPS) is 12.1. The van der Waals surface area contributed by atoms with Gasteiger partial charge < -0.3 is 9.64 Å². The van der Waals surface area contributed by atoms with Crippen LogP contribution in [0.5, 0.6) is 0 Å². The molecule has 0 fully saturated rings. The van der Waals surface area contributed by atoms with Gasteiger partial charge in [-0.1, -0.05) is 32.6 Å². The molecule has 0 unspecified atom stereocenters. The minimum Gasteiger partial charge on any atom is -0.383 e. The zero-order chi connectivity index (χ0) is 22.7. The smallest absolute Gasteiger partial charge is 0.330 e. The molecule has 0 bridgehead atoms. The van der Waals surface area contributed by atoms with Crippen molar-refractivity contribution in [3.05, 3.63) is 60.1 Å². The molecule has 0 spiro atoms. The molecule has 7 heteroatoms. The molecule has 1 aliphatic rings. The van der Waals surface area contributed by atoms with Crippen LogP contribution in [0, 0.1) is 13.8 Å². The summed E-state index contributed by atoms with van der Waals surface area (Å²) in [4.78, 5) is 34.8. The Bertz CT molecular complexity index is 867. The third-order valence-corrected chi connectivity index (χ3v) is 4.11. The number of hydrogen-bond donors (Lipinski definition) is 0. The molecule has 0 aliphatic carbocycles. The fourth-order valence-corrected chi connectivity index (χ4v) is 2.67. The molecule has 1 aliphatic heterocycles. The van der Waals surface area contributed by atoms with E-state index in [0.29, 0.717) is 31.3 Å². The predicted octanol–water partition coefficient (Wildman–Crippen LogP) is 4.60. The maximum atomic E-state index is 13.0. The van der Waals surface area contributed by atoms with Gasteiger partial charge in [0.05, 0.1) is 18.8 Å². The lowest BCUT2D eigenvalue weighted by molar-refractivity contribution is -0.112. The summed E-state index contributed by atoms with van der Waals surface area (Å²) in [5.41, 5.74) is 2.85. The number of ketones is 1. The second kappa shape index (κ2) is 12.5. The average molecular weight is 413 g/mol. The molecule has 1 aromatic heterocycles. The van der Waals surface area contributed by atoms with Crippen LogP contribution in [0.3, 0.4) is 0 Å². The summed E-state index contributed by atoms with van der Waals surface area (Å²) in [6, 6.07) is 7.77. The van der Waals surface area contributed by atoms with Crippen LogP contribution in [0.1, 0.15) is 37.7 Å². The van der Waals surface area contributed by atoms with Crippen molar-refractivity contribution in [2.45, 2.75) is 41.2 Å². The molecule has 30 heavy (non-hydrogen) atoms. The summed E-state index contributed by atoms with van der Waals surface area (Å²) in [7, 11) is 1.63. The van der Waals surface area contributed by atoms with Gasteiger partial charge in [0, 0.05) is 25.4 Å². The monoisotopic (exact) mass is 412 g/mol.